The Morgan fingerprint density at radius 3 is 2.62 bits per heavy atom. The minimum absolute atomic E-state index is 0.0355. The number of imidazole rings is 1. The van der Waals surface area contributed by atoms with Crippen LogP contribution in [-0.2, 0) is 0 Å². The first kappa shape index (κ1) is 18.2. The van der Waals surface area contributed by atoms with Crippen molar-refractivity contribution >= 4 is 78.6 Å². The zero-order valence-corrected chi connectivity index (χ0v) is 19.4. The molecule has 0 radical (unpaired) electrons. The summed E-state index contributed by atoms with van der Waals surface area (Å²) < 4.78 is 10.0. The molecule has 0 N–H and O–H groups in total. The first-order valence-electron chi connectivity index (χ1n) is 7.86. The largest absolute Gasteiger partial charge is 0.495 e. The predicted octanol–water partition coefficient (Wildman–Crippen LogP) is 4.29. The molecular weight excluding hydrogens is 574 g/mol. The maximum atomic E-state index is 13.0. The van der Waals surface area contributed by atoms with Crippen molar-refractivity contribution in [1.82, 2.24) is 9.38 Å². The normalized spacial score (nSPS) is 12.4. The molecule has 7 heteroatoms. The summed E-state index contributed by atoms with van der Waals surface area (Å²) in [5.41, 5.74) is 4.94. The highest BCUT2D eigenvalue weighted by Crippen LogP contribution is 2.29. The average molecular weight is 588 g/mol. The summed E-state index contributed by atoms with van der Waals surface area (Å²) in [6.45, 7) is 4.11. The summed E-state index contributed by atoms with van der Waals surface area (Å²) in [4.78, 5) is 18.4. The lowest BCUT2D eigenvalue weighted by molar-refractivity contribution is 0.410. The van der Waals surface area contributed by atoms with Gasteiger partial charge < -0.3 is 4.74 Å². The van der Waals surface area contributed by atoms with Gasteiger partial charge >= 0.3 is 0 Å². The Morgan fingerprint density at radius 1 is 1.15 bits per heavy atom. The molecule has 2 heterocycles. The van der Waals surface area contributed by atoms with E-state index in [-0.39, 0.29) is 5.56 Å². The first-order valence-corrected chi connectivity index (χ1v) is 10.8. The van der Waals surface area contributed by atoms with E-state index in [2.05, 4.69) is 70.1 Å². The van der Waals surface area contributed by atoms with Gasteiger partial charge in [0.05, 0.1) is 26.2 Å². The summed E-state index contributed by atoms with van der Waals surface area (Å²) in [5.74, 6) is 0.785. The van der Waals surface area contributed by atoms with Crippen molar-refractivity contribution in [2.24, 2.45) is 0 Å². The third-order valence-corrected chi connectivity index (χ3v) is 6.78. The first-order chi connectivity index (χ1) is 12.4. The van der Waals surface area contributed by atoms with Gasteiger partial charge in [-0.1, -0.05) is 11.3 Å². The Kier molecular flexibility index (Phi) is 4.72. The number of rotatable bonds is 2. The lowest BCUT2D eigenvalue weighted by Crippen LogP contribution is -2.22. The van der Waals surface area contributed by atoms with Gasteiger partial charge in [0.15, 0.2) is 4.96 Å². The van der Waals surface area contributed by atoms with E-state index in [0.29, 0.717) is 4.53 Å². The molecule has 0 aliphatic carbocycles. The molecule has 4 aromatic rings. The Balaban J connectivity index is 2.02. The molecule has 0 saturated carbocycles. The number of hydrogen-bond acceptors (Lipinski definition) is 4. The third-order valence-electron chi connectivity index (χ3n) is 4.38. The number of methoxy groups -OCH3 is 1. The maximum absolute atomic E-state index is 13.0. The van der Waals surface area contributed by atoms with Crippen LogP contribution in [0.3, 0.4) is 0 Å². The SMILES string of the molecule is COc1c(I)cc(I)cc1/C=c1/sc2nc3cc(C)c(C)cc3n2c1=O. The van der Waals surface area contributed by atoms with Gasteiger partial charge in [-0.3, -0.25) is 4.79 Å². The molecule has 0 aliphatic rings. The number of aromatic nitrogens is 2. The van der Waals surface area contributed by atoms with Crippen molar-refractivity contribution in [3.63, 3.8) is 0 Å². The summed E-state index contributed by atoms with van der Waals surface area (Å²) in [5, 5.41) is 0. The van der Waals surface area contributed by atoms with Crippen molar-refractivity contribution in [3.05, 3.63) is 63.0 Å². The topological polar surface area (TPSA) is 43.6 Å². The van der Waals surface area contributed by atoms with Crippen LogP contribution in [0.25, 0.3) is 22.1 Å². The number of nitrogens with zero attached hydrogens (tertiary/aromatic N) is 2. The highest BCUT2D eigenvalue weighted by molar-refractivity contribution is 14.1. The van der Waals surface area contributed by atoms with Crippen molar-refractivity contribution in [3.8, 4) is 5.75 Å². The highest BCUT2D eigenvalue weighted by atomic mass is 127. The maximum Gasteiger partial charge on any atom is 0.274 e. The Bertz CT molecular complexity index is 1290. The fourth-order valence-corrected chi connectivity index (χ4v) is 6.05. The predicted molar refractivity (Wildman–Crippen MR) is 124 cm³/mol. The molecule has 0 atom stereocenters. The Labute approximate surface area is 181 Å². The third kappa shape index (κ3) is 2.93. The van der Waals surface area contributed by atoms with Crippen LogP contribution in [0.2, 0.25) is 0 Å². The number of ether oxygens (including phenoxy) is 1. The van der Waals surface area contributed by atoms with E-state index in [1.165, 1.54) is 16.9 Å². The average Bonchev–Trinajstić information content (AvgIpc) is 3.05. The van der Waals surface area contributed by atoms with Crippen LogP contribution < -0.4 is 14.8 Å². The molecule has 0 bridgehead atoms. The lowest BCUT2D eigenvalue weighted by atomic mass is 10.1. The highest BCUT2D eigenvalue weighted by Gasteiger charge is 2.14. The fraction of sp³-hybridized carbons (Fsp3) is 0.158. The number of thiazole rings is 1. The summed E-state index contributed by atoms with van der Waals surface area (Å²) in [6, 6.07) is 8.15. The second kappa shape index (κ2) is 6.75. The molecule has 4 rings (SSSR count). The van der Waals surface area contributed by atoms with Gasteiger partial charge in [0, 0.05) is 9.13 Å². The van der Waals surface area contributed by atoms with E-state index in [4.69, 9.17) is 4.74 Å². The van der Waals surface area contributed by atoms with Gasteiger partial charge in [0.1, 0.15) is 5.75 Å². The van der Waals surface area contributed by atoms with Gasteiger partial charge in [0.2, 0.25) is 0 Å². The molecular formula is C19H14I2N2O2S. The quantitative estimate of drug-likeness (QED) is 0.329. The van der Waals surface area contributed by atoms with Gasteiger partial charge in [-0.2, -0.15) is 0 Å². The summed E-state index contributed by atoms with van der Waals surface area (Å²) >= 11 is 5.94. The molecule has 26 heavy (non-hydrogen) atoms. The minimum atomic E-state index is -0.0355. The number of halogens is 2. The number of aryl methyl sites for hydroxylation is 2. The van der Waals surface area contributed by atoms with Crippen LogP contribution in [-0.4, -0.2) is 16.5 Å². The lowest BCUT2D eigenvalue weighted by Gasteiger charge is -2.07. The van der Waals surface area contributed by atoms with E-state index in [9.17, 15) is 4.79 Å². The molecule has 2 aromatic carbocycles. The number of fused-ring (bicyclic) bond motifs is 3. The van der Waals surface area contributed by atoms with E-state index < -0.39 is 0 Å². The van der Waals surface area contributed by atoms with Crippen LogP contribution in [0.5, 0.6) is 5.75 Å². The number of benzene rings is 2. The second-order valence-electron chi connectivity index (χ2n) is 6.08. The summed E-state index contributed by atoms with van der Waals surface area (Å²) in [7, 11) is 1.65. The van der Waals surface area contributed by atoms with Crippen molar-refractivity contribution in [1.29, 1.82) is 0 Å². The van der Waals surface area contributed by atoms with E-state index >= 15 is 0 Å². The van der Waals surface area contributed by atoms with Crippen LogP contribution in [0.1, 0.15) is 16.7 Å². The molecule has 0 aliphatic heterocycles. The Hall–Kier alpha value is -1.20. The van der Waals surface area contributed by atoms with Crippen molar-refractivity contribution in [2.45, 2.75) is 13.8 Å². The smallest absolute Gasteiger partial charge is 0.274 e. The van der Waals surface area contributed by atoms with Crippen LogP contribution in [0.4, 0.5) is 0 Å². The van der Waals surface area contributed by atoms with Gasteiger partial charge in [-0.15, -0.1) is 0 Å². The molecule has 2 aromatic heterocycles. The fourth-order valence-electron chi connectivity index (χ4n) is 2.96. The van der Waals surface area contributed by atoms with E-state index in [1.54, 1.807) is 11.5 Å². The van der Waals surface area contributed by atoms with Crippen LogP contribution in [0, 0.1) is 21.0 Å². The van der Waals surface area contributed by atoms with Crippen LogP contribution in [0.15, 0.2) is 29.1 Å². The zero-order chi connectivity index (χ0) is 18.6. The molecule has 132 valence electrons. The number of hydrogen-bond donors (Lipinski definition) is 0. The minimum Gasteiger partial charge on any atom is -0.495 e. The molecule has 0 spiro atoms. The zero-order valence-electron chi connectivity index (χ0n) is 14.3. The van der Waals surface area contributed by atoms with Gasteiger partial charge in [-0.05, 0) is 100 Å². The molecule has 0 amide bonds. The second-order valence-corrected chi connectivity index (χ2v) is 9.50. The molecule has 0 saturated heterocycles. The van der Waals surface area contributed by atoms with Crippen LogP contribution >= 0.6 is 56.5 Å². The molecule has 0 unspecified atom stereocenters. The van der Waals surface area contributed by atoms with Crippen molar-refractivity contribution < 1.29 is 4.74 Å². The van der Waals surface area contributed by atoms with Gasteiger partial charge in [0.25, 0.3) is 5.56 Å². The monoisotopic (exact) mass is 588 g/mol. The van der Waals surface area contributed by atoms with Gasteiger partial charge in [-0.25, -0.2) is 9.38 Å². The standard InChI is InChI=1S/C19H14I2N2O2S/c1-9-4-14-15(5-10(9)2)23-18(24)16(26-19(23)22-14)7-11-6-12(20)8-13(21)17(11)25-3/h4-8H,1-3H3/b16-7+. The van der Waals surface area contributed by atoms with E-state index in [0.717, 1.165) is 40.0 Å². The van der Waals surface area contributed by atoms with Crippen molar-refractivity contribution in [2.75, 3.05) is 7.11 Å². The molecule has 0 fully saturated rings. The summed E-state index contributed by atoms with van der Waals surface area (Å²) in [6.07, 6.45) is 1.90. The van der Waals surface area contributed by atoms with E-state index in [1.807, 2.05) is 24.3 Å². The molecule has 4 nitrogen and oxygen atoms in total. The Morgan fingerprint density at radius 2 is 1.88 bits per heavy atom.